The molecule has 2 aromatic carbocycles. The molecule has 4 rings (SSSR count). The van der Waals surface area contributed by atoms with Crippen molar-refractivity contribution in [3.8, 4) is 6.07 Å². The number of rotatable bonds is 9. The van der Waals surface area contributed by atoms with Gasteiger partial charge in [-0.3, -0.25) is 9.36 Å². The highest BCUT2D eigenvalue weighted by Crippen LogP contribution is 2.32. The SMILES string of the molecule is COCCCc1ccc(Cl)c(CN(C(=O)C(C#N)=Cc2cccc3c2ccn3C(=O)OC(C)(C)C)C2CC2)c1. The molecule has 39 heavy (non-hydrogen) atoms. The maximum atomic E-state index is 13.7. The van der Waals surface area contributed by atoms with Gasteiger partial charge >= 0.3 is 6.09 Å². The number of methoxy groups -OCH3 is 1. The van der Waals surface area contributed by atoms with Crippen LogP contribution in [0.4, 0.5) is 4.79 Å². The molecule has 0 unspecified atom stereocenters. The summed E-state index contributed by atoms with van der Waals surface area (Å²) in [5.74, 6) is -0.329. The van der Waals surface area contributed by atoms with Gasteiger partial charge in [-0.15, -0.1) is 0 Å². The maximum absolute atomic E-state index is 13.7. The molecule has 204 valence electrons. The van der Waals surface area contributed by atoms with Gasteiger partial charge in [-0.05, 0) is 87.4 Å². The molecular weight excluding hydrogens is 514 g/mol. The maximum Gasteiger partial charge on any atom is 0.418 e. The molecule has 0 spiro atoms. The number of hydrogen-bond donors (Lipinski definition) is 0. The number of carbonyl (C=O) groups is 2. The van der Waals surface area contributed by atoms with Gasteiger partial charge in [0.1, 0.15) is 17.2 Å². The van der Waals surface area contributed by atoms with Gasteiger partial charge < -0.3 is 14.4 Å². The predicted molar refractivity (Wildman–Crippen MR) is 152 cm³/mol. The lowest BCUT2D eigenvalue weighted by molar-refractivity contribution is -0.127. The van der Waals surface area contributed by atoms with Crippen molar-refractivity contribution in [1.82, 2.24) is 9.47 Å². The average molecular weight is 548 g/mol. The summed E-state index contributed by atoms with van der Waals surface area (Å²) < 4.78 is 12.1. The van der Waals surface area contributed by atoms with Crippen molar-refractivity contribution in [2.75, 3.05) is 13.7 Å². The lowest BCUT2D eigenvalue weighted by atomic mass is 10.0. The first-order valence-corrected chi connectivity index (χ1v) is 13.5. The van der Waals surface area contributed by atoms with Gasteiger partial charge in [0.25, 0.3) is 5.91 Å². The Kier molecular flexibility index (Phi) is 8.79. The van der Waals surface area contributed by atoms with Crippen molar-refractivity contribution in [2.45, 2.75) is 64.6 Å². The molecule has 1 heterocycles. The largest absolute Gasteiger partial charge is 0.443 e. The second-order valence-electron chi connectivity index (χ2n) is 10.8. The van der Waals surface area contributed by atoms with Crippen LogP contribution in [0.2, 0.25) is 5.02 Å². The number of benzene rings is 2. The zero-order chi connectivity index (χ0) is 28.2. The highest BCUT2D eigenvalue weighted by Gasteiger charge is 2.34. The van der Waals surface area contributed by atoms with Crippen molar-refractivity contribution in [1.29, 1.82) is 5.26 Å². The van der Waals surface area contributed by atoms with Gasteiger partial charge in [0.15, 0.2) is 0 Å². The summed E-state index contributed by atoms with van der Waals surface area (Å²) >= 11 is 6.53. The van der Waals surface area contributed by atoms with E-state index in [2.05, 4.69) is 6.07 Å². The summed E-state index contributed by atoms with van der Waals surface area (Å²) in [5.41, 5.74) is 2.70. The number of aryl methyl sites for hydroxylation is 1. The number of amides is 1. The van der Waals surface area contributed by atoms with Crippen LogP contribution in [0.25, 0.3) is 17.0 Å². The highest BCUT2D eigenvalue weighted by molar-refractivity contribution is 6.31. The molecule has 1 aliphatic rings. The van der Waals surface area contributed by atoms with Crippen LogP contribution in [-0.4, -0.2) is 46.8 Å². The molecular formula is C31H34ClN3O4. The third-order valence-corrected chi connectivity index (χ3v) is 6.89. The summed E-state index contributed by atoms with van der Waals surface area (Å²) in [6.07, 6.45) is 6.28. The molecule has 7 nitrogen and oxygen atoms in total. The number of hydrogen-bond acceptors (Lipinski definition) is 5. The normalized spacial score (nSPS) is 13.8. The number of ether oxygens (including phenoxy) is 2. The van der Waals surface area contributed by atoms with Crippen LogP contribution in [0.15, 0.2) is 54.2 Å². The van der Waals surface area contributed by atoms with E-state index in [1.165, 1.54) is 4.57 Å². The molecule has 0 N–H and O–H groups in total. The molecule has 1 amide bonds. The van der Waals surface area contributed by atoms with Crippen LogP contribution in [0, 0.1) is 11.3 Å². The summed E-state index contributed by atoms with van der Waals surface area (Å²) in [6.45, 7) is 6.44. The third kappa shape index (κ3) is 7.08. The first-order chi connectivity index (χ1) is 18.6. The zero-order valence-corrected chi connectivity index (χ0v) is 23.6. The van der Waals surface area contributed by atoms with Crippen LogP contribution in [0.1, 0.15) is 56.7 Å². The van der Waals surface area contributed by atoms with E-state index < -0.39 is 11.7 Å². The Bertz CT molecular complexity index is 1440. The molecule has 8 heteroatoms. The molecule has 1 aliphatic carbocycles. The molecule has 0 bridgehead atoms. The molecule has 0 radical (unpaired) electrons. The fourth-order valence-corrected chi connectivity index (χ4v) is 4.68. The Morgan fingerprint density at radius 3 is 2.64 bits per heavy atom. The van der Waals surface area contributed by atoms with E-state index in [9.17, 15) is 14.9 Å². The third-order valence-electron chi connectivity index (χ3n) is 6.52. The van der Waals surface area contributed by atoms with Crippen molar-refractivity contribution < 1.29 is 19.1 Å². The van der Waals surface area contributed by atoms with Gasteiger partial charge in [0.05, 0.1) is 5.52 Å². The van der Waals surface area contributed by atoms with Gasteiger partial charge in [0.2, 0.25) is 0 Å². The number of nitrogens with zero attached hydrogens (tertiary/aromatic N) is 3. The van der Waals surface area contributed by atoms with E-state index in [-0.39, 0.29) is 17.5 Å². The fraction of sp³-hybridized carbons (Fsp3) is 0.387. The summed E-state index contributed by atoms with van der Waals surface area (Å²) in [5, 5.41) is 11.3. The minimum absolute atomic E-state index is 0.0341. The van der Waals surface area contributed by atoms with Crippen LogP contribution in [0.3, 0.4) is 0 Å². The Hall–Kier alpha value is -3.60. The number of fused-ring (bicyclic) bond motifs is 1. The van der Waals surface area contributed by atoms with Crippen LogP contribution in [-0.2, 0) is 27.2 Å². The van der Waals surface area contributed by atoms with E-state index in [0.717, 1.165) is 42.2 Å². The average Bonchev–Trinajstić information content (AvgIpc) is 3.63. The Morgan fingerprint density at radius 2 is 1.97 bits per heavy atom. The second kappa shape index (κ2) is 12.1. The number of carbonyl (C=O) groups excluding carboxylic acids is 2. The van der Waals surface area contributed by atoms with Gasteiger partial charge in [-0.2, -0.15) is 5.26 Å². The van der Waals surface area contributed by atoms with E-state index in [4.69, 9.17) is 21.1 Å². The lowest BCUT2D eigenvalue weighted by Crippen LogP contribution is -2.33. The topological polar surface area (TPSA) is 84.6 Å². The van der Waals surface area contributed by atoms with Gasteiger partial charge in [0, 0.05) is 42.9 Å². The van der Waals surface area contributed by atoms with Gasteiger partial charge in [-0.1, -0.05) is 35.9 Å². The lowest BCUT2D eigenvalue weighted by Gasteiger charge is -2.23. The van der Waals surface area contributed by atoms with Gasteiger partial charge in [-0.25, -0.2) is 4.79 Å². The molecule has 3 aromatic rings. The Morgan fingerprint density at radius 1 is 1.21 bits per heavy atom. The van der Waals surface area contributed by atoms with Crippen LogP contribution < -0.4 is 0 Å². The molecule has 1 saturated carbocycles. The first kappa shape index (κ1) is 28.4. The molecule has 1 aromatic heterocycles. The Balaban J connectivity index is 1.61. The van der Waals surface area contributed by atoms with Crippen molar-refractivity contribution in [3.05, 3.63) is 75.9 Å². The monoisotopic (exact) mass is 547 g/mol. The van der Waals surface area contributed by atoms with Crippen molar-refractivity contribution in [3.63, 3.8) is 0 Å². The van der Waals surface area contributed by atoms with E-state index in [1.54, 1.807) is 36.4 Å². The fourth-order valence-electron chi connectivity index (χ4n) is 4.50. The quantitative estimate of drug-likeness (QED) is 0.168. The molecule has 1 fully saturated rings. The number of nitriles is 1. The number of aromatic nitrogens is 1. The first-order valence-electron chi connectivity index (χ1n) is 13.1. The van der Waals surface area contributed by atoms with E-state index in [0.29, 0.717) is 29.3 Å². The summed E-state index contributed by atoms with van der Waals surface area (Å²) in [7, 11) is 1.68. The van der Waals surface area contributed by atoms with Crippen molar-refractivity contribution in [2.24, 2.45) is 0 Å². The summed E-state index contributed by atoms with van der Waals surface area (Å²) in [6, 6.07) is 15.3. The Labute approximate surface area is 234 Å². The predicted octanol–water partition coefficient (Wildman–Crippen LogP) is 6.76. The zero-order valence-electron chi connectivity index (χ0n) is 22.9. The smallest absolute Gasteiger partial charge is 0.418 e. The van der Waals surface area contributed by atoms with Crippen molar-refractivity contribution >= 4 is 40.6 Å². The summed E-state index contributed by atoms with van der Waals surface area (Å²) in [4.78, 5) is 28.1. The minimum Gasteiger partial charge on any atom is -0.443 e. The standard InChI is InChI=1S/C31H34ClN3O4/c1-31(2,3)39-30(37)34-15-14-26-22(8-5-9-28(26)34)18-23(19-33)29(36)35(25-11-12-25)20-24-17-21(7-6-16-38-4)10-13-27(24)32/h5,8-10,13-15,17-18,25H,6-7,11-12,16,20H2,1-4H3. The molecule has 0 atom stereocenters. The highest BCUT2D eigenvalue weighted by atomic mass is 35.5. The molecule has 0 saturated heterocycles. The van der Waals surface area contributed by atoms with Crippen LogP contribution >= 0.6 is 11.6 Å². The second-order valence-corrected chi connectivity index (χ2v) is 11.2. The number of halogens is 1. The molecule has 0 aliphatic heterocycles. The van der Waals surface area contributed by atoms with E-state index in [1.807, 2.05) is 51.1 Å². The van der Waals surface area contributed by atoms with Crippen LogP contribution in [0.5, 0.6) is 0 Å². The van der Waals surface area contributed by atoms with E-state index >= 15 is 0 Å². The minimum atomic E-state index is -0.635.